The molecule has 0 N–H and O–H groups in total. The van der Waals surface area contributed by atoms with E-state index in [0.29, 0.717) is 16.7 Å². The van der Waals surface area contributed by atoms with Crippen molar-refractivity contribution in [1.82, 2.24) is 0 Å². The Morgan fingerprint density at radius 1 is 0.885 bits per heavy atom. The maximum Gasteiger partial charge on any atom is 0.339 e. The van der Waals surface area contributed by atoms with Crippen LogP contribution in [0.2, 0.25) is 0 Å². The zero-order valence-corrected chi connectivity index (χ0v) is 15.0. The molecule has 3 heteroatoms. The van der Waals surface area contributed by atoms with Crippen LogP contribution in [0.4, 0.5) is 0 Å². The number of hydrogen-bond acceptors (Lipinski definition) is 3. The molecule has 0 spiro atoms. The molecule has 0 radical (unpaired) electrons. The smallest absolute Gasteiger partial charge is 0.339 e. The third-order valence-corrected chi connectivity index (χ3v) is 4.97. The minimum atomic E-state index is -0.427. The molecule has 26 heavy (non-hydrogen) atoms. The standard InChI is InChI=1S/C23H20O3/c1-3-9-15-14-10-5-6-11-16(14)20(23(25)26-4-2)21-19(15)17-12-7-8-13-18(17)22(21)24/h5-8,10-13H,3-4,9H2,1-2H3. The summed E-state index contributed by atoms with van der Waals surface area (Å²) < 4.78 is 5.32. The molecule has 0 aromatic heterocycles. The Morgan fingerprint density at radius 3 is 2.23 bits per heavy atom. The predicted molar refractivity (Wildman–Crippen MR) is 103 cm³/mol. The predicted octanol–water partition coefficient (Wildman–Crippen LogP) is 5.18. The molecule has 3 aromatic rings. The highest BCUT2D eigenvalue weighted by molar-refractivity contribution is 6.29. The van der Waals surface area contributed by atoms with E-state index in [1.807, 2.05) is 48.5 Å². The van der Waals surface area contributed by atoms with E-state index in [2.05, 4.69) is 6.92 Å². The van der Waals surface area contributed by atoms with Gasteiger partial charge >= 0.3 is 5.97 Å². The molecule has 0 aliphatic heterocycles. The van der Waals surface area contributed by atoms with Gasteiger partial charge < -0.3 is 4.74 Å². The van der Waals surface area contributed by atoms with Gasteiger partial charge in [0.05, 0.1) is 12.2 Å². The van der Waals surface area contributed by atoms with E-state index in [4.69, 9.17) is 4.74 Å². The van der Waals surface area contributed by atoms with Crippen LogP contribution in [-0.2, 0) is 11.2 Å². The fraction of sp³-hybridized carbons (Fsp3) is 0.217. The molecule has 0 heterocycles. The van der Waals surface area contributed by atoms with E-state index < -0.39 is 5.97 Å². The van der Waals surface area contributed by atoms with Crippen molar-refractivity contribution in [3.05, 3.63) is 70.8 Å². The van der Waals surface area contributed by atoms with Gasteiger partial charge in [0.15, 0.2) is 5.78 Å². The van der Waals surface area contributed by atoms with E-state index in [0.717, 1.165) is 40.3 Å². The third-order valence-electron chi connectivity index (χ3n) is 4.97. The number of esters is 1. The first kappa shape index (κ1) is 16.5. The minimum Gasteiger partial charge on any atom is -0.462 e. The molecule has 4 rings (SSSR count). The minimum absolute atomic E-state index is 0.0817. The van der Waals surface area contributed by atoms with Gasteiger partial charge in [-0.05, 0) is 40.8 Å². The number of hydrogen-bond donors (Lipinski definition) is 0. The molecule has 0 amide bonds. The van der Waals surface area contributed by atoms with Gasteiger partial charge in [0.2, 0.25) is 0 Å². The van der Waals surface area contributed by atoms with Gasteiger partial charge in [-0.25, -0.2) is 4.79 Å². The topological polar surface area (TPSA) is 43.4 Å². The Morgan fingerprint density at radius 2 is 1.54 bits per heavy atom. The lowest BCUT2D eigenvalue weighted by Crippen LogP contribution is -2.13. The summed E-state index contributed by atoms with van der Waals surface area (Å²) in [6, 6.07) is 15.5. The van der Waals surface area contributed by atoms with E-state index in [-0.39, 0.29) is 12.4 Å². The maximum absolute atomic E-state index is 13.2. The second kappa shape index (κ2) is 6.41. The van der Waals surface area contributed by atoms with Crippen molar-refractivity contribution < 1.29 is 14.3 Å². The zero-order valence-electron chi connectivity index (χ0n) is 15.0. The number of fused-ring (bicyclic) bond motifs is 4. The van der Waals surface area contributed by atoms with Crippen molar-refractivity contribution in [1.29, 1.82) is 0 Å². The van der Waals surface area contributed by atoms with Crippen LogP contribution in [0.15, 0.2) is 48.5 Å². The monoisotopic (exact) mass is 344 g/mol. The van der Waals surface area contributed by atoms with Crippen LogP contribution in [0.25, 0.3) is 21.9 Å². The number of rotatable bonds is 4. The van der Waals surface area contributed by atoms with Gasteiger partial charge in [0.1, 0.15) is 0 Å². The number of ether oxygens (including phenoxy) is 1. The molecule has 0 fully saturated rings. The van der Waals surface area contributed by atoms with Gasteiger partial charge in [-0.15, -0.1) is 0 Å². The Hall–Kier alpha value is -2.94. The number of aryl methyl sites for hydroxylation is 1. The summed E-state index contributed by atoms with van der Waals surface area (Å²) in [6.45, 7) is 4.19. The molecule has 0 unspecified atom stereocenters. The molecule has 0 saturated heterocycles. The van der Waals surface area contributed by atoms with Crippen LogP contribution in [-0.4, -0.2) is 18.4 Å². The molecule has 0 bridgehead atoms. The van der Waals surface area contributed by atoms with Gasteiger partial charge in [-0.3, -0.25) is 4.79 Å². The van der Waals surface area contributed by atoms with E-state index in [1.54, 1.807) is 6.92 Å². The summed E-state index contributed by atoms with van der Waals surface area (Å²) >= 11 is 0. The average Bonchev–Trinajstić information content (AvgIpc) is 2.95. The molecule has 1 aliphatic rings. The lowest BCUT2D eigenvalue weighted by atomic mass is 9.87. The first-order chi connectivity index (χ1) is 12.7. The van der Waals surface area contributed by atoms with Crippen LogP contribution in [0.5, 0.6) is 0 Å². The molecule has 3 nitrogen and oxygen atoms in total. The summed E-state index contributed by atoms with van der Waals surface area (Å²) in [7, 11) is 0. The Bertz CT molecular complexity index is 1050. The third kappa shape index (κ3) is 2.27. The normalized spacial score (nSPS) is 12.2. The molecule has 0 atom stereocenters. The van der Waals surface area contributed by atoms with Crippen molar-refractivity contribution in [3.8, 4) is 11.1 Å². The van der Waals surface area contributed by atoms with Crippen LogP contribution in [0.3, 0.4) is 0 Å². The highest BCUT2D eigenvalue weighted by Crippen LogP contribution is 2.45. The van der Waals surface area contributed by atoms with Crippen molar-refractivity contribution in [2.45, 2.75) is 26.7 Å². The van der Waals surface area contributed by atoms with Gasteiger partial charge in [-0.2, -0.15) is 0 Å². The molecule has 130 valence electrons. The van der Waals surface area contributed by atoms with Crippen LogP contribution in [0, 0.1) is 0 Å². The Balaban J connectivity index is 2.18. The SMILES string of the molecule is CCCc1c2c(c(C(=O)OCC)c3ccccc13)C(=O)c1ccccc1-2. The molecular formula is C23H20O3. The van der Waals surface area contributed by atoms with E-state index >= 15 is 0 Å². The van der Waals surface area contributed by atoms with Gasteiger partial charge in [0.25, 0.3) is 0 Å². The Labute approximate surface area is 152 Å². The maximum atomic E-state index is 13.2. The first-order valence-electron chi connectivity index (χ1n) is 9.07. The average molecular weight is 344 g/mol. The van der Waals surface area contributed by atoms with E-state index in [1.165, 1.54) is 0 Å². The van der Waals surface area contributed by atoms with Crippen LogP contribution in [0.1, 0.15) is 52.1 Å². The van der Waals surface area contributed by atoms with Gasteiger partial charge in [-0.1, -0.05) is 61.9 Å². The highest BCUT2D eigenvalue weighted by atomic mass is 16.5. The number of carbonyl (C=O) groups is 2. The number of carbonyl (C=O) groups excluding carboxylic acids is 2. The van der Waals surface area contributed by atoms with Crippen molar-refractivity contribution in [3.63, 3.8) is 0 Å². The van der Waals surface area contributed by atoms with Crippen LogP contribution >= 0.6 is 0 Å². The second-order valence-corrected chi connectivity index (χ2v) is 6.49. The van der Waals surface area contributed by atoms with Gasteiger partial charge in [0, 0.05) is 11.1 Å². The van der Waals surface area contributed by atoms with Crippen molar-refractivity contribution in [2.24, 2.45) is 0 Å². The lowest BCUT2D eigenvalue weighted by molar-refractivity contribution is 0.0526. The number of ketones is 1. The molecule has 0 saturated carbocycles. The van der Waals surface area contributed by atoms with E-state index in [9.17, 15) is 9.59 Å². The Kier molecular flexibility index (Phi) is 4.08. The fourth-order valence-corrected chi connectivity index (χ4v) is 3.99. The second-order valence-electron chi connectivity index (χ2n) is 6.49. The van der Waals surface area contributed by atoms with Crippen molar-refractivity contribution in [2.75, 3.05) is 6.61 Å². The lowest BCUT2D eigenvalue weighted by Gasteiger charge is -2.17. The summed E-state index contributed by atoms with van der Waals surface area (Å²) in [5.74, 6) is -0.508. The number of benzene rings is 3. The largest absolute Gasteiger partial charge is 0.462 e. The molecule has 1 aliphatic carbocycles. The zero-order chi connectivity index (χ0) is 18.3. The summed E-state index contributed by atoms with van der Waals surface area (Å²) in [6.07, 6.45) is 1.82. The fourth-order valence-electron chi connectivity index (χ4n) is 3.99. The summed E-state index contributed by atoms with van der Waals surface area (Å²) in [5.41, 5.74) is 4.55. The summed E-state index contributed by atoms with van der Waals surface area (Å²) in [5, 5.41) is 1.83. The summed E-state index contributed by atoms with van der Waals surface area (Å²) in [4.78, 5) is 26.0. The molecule has 3 aromatic carbocycles. The molecular weight excluding hydrogens is 324 g/mol. The van der Waals surface area contributed by atoms with Crippen molar-refractivity contribution >= 4 is 22.5 Å². The highest BCUT2D eigenvalue weighted by Gasteiger charge is 2.35. The van der Waals surface area contributed by atoms with Crippen LogP contribution < -0.4 is 0 Å². The quantitative estimate of drug-likeness (QED) is 0.479. The first-order valence-corrected chi connectivity index (χ1v) is 9.07.